The molecule has 1 aliphatic heterocycles. The van der Waals surface area contributed by atoms with Crippen molar-refractivity contribution in [2.45, 2.75) is 50.4 Å². The zero-order valence-corrected chi connectivity index (χ0v) is 12.9. The van der Waals surface area contributed by atoms with Gasteiger partial charge in [-0.25, -0.2) is 0 Å². The number of alkyl halides is 1. The fourth-order valence-electron chi connectivity index (χ4n) is 3.98. The van der Waals surface area contributed by atoms with E-state index in [9.17, 15) is 10.1 Å². The fourth-order valence-corrected chi connectivity index (χ4v) is 4.20. The van der Waals surface area contributed by atoms with Crippen LogP contribution in [0, 0.1) is 16.0 Å². The highest BCUT2D eigenvalue weighted by Crippen LogP contribution is 2.38. The third-order valence-corrected chi connectivity index (χ3v) is 5.27. The number of halogens is 1. The lowest BCUT2D eigenvalue weighted by Crippen LogP contribution is -2.46. The van der Waals surface area contributed by atoms with E-state index in [0.29, 0.717) is 11.6 Å². The molecule has 2 atom stereocenters. The van der Waals surface area contributed by atoms with Crippen LogP contribution < -0.4 is 4.90 Å². The monoisotopic (exact) mass is 308 g/mol. The first-order chi connectivity index (χ1) is 10.2. The molecule has 1 heterocycles. The van der Waals surface area contributed by atoms with Crippen LogP contribution in [0.15, 0.2) is 18.2 Å². The molecule has 2 aliphatic rings. The van der Waals surface area contributed by atoms with Gasteiger partial charge in [-0.15, -0.1) is 11.6 Å². The van der Waals surface area contributed by atoms with Crippen LogP contribution in [0.2, 0.25) is 0 Å². The molecule has 5 heteroatoms. The van der Waals surface area contributed by atoms with E-state index < -0.39 is 0 Å². The third-order valence-electron chi connectivity index (χ3n) is 4.98. The summed E-state index contributed by atoms with van der Waals surface area (Å²) in [4.78, 5) is 13.1. The summed E-state index contributed by atoms with van der Waals surface area (Å²) in [5.41, 5.74) is 1.86. The molecule has 0 spiro atoms. The van der Waals surface area contributed by atoms with Crippen molar-refractivity contribution in [3.8, 4) is 0 Å². The normalized spacial score (nSPS) is 25.5. The number of nitro groups is 1. The van der Waals surface area contributed by atoms with Gasteiger partial charge >= 0.3 is 0 Å². The molecule has 0 aromatic heterocycles. The van der Waals surface area contributed by atoms with Crippen LogP contribution in [0.5, 0.6) is 0 Å². The number of piperidine rings is 1. The van der Waals surface area contributed by atoms with Gasteiger partial charge in [-0.05, 0) is 43.7 Å². The SMILES string of the molecule is O=[N+]([O-])c1ccc(N2CCC[C@H]3CCCC[C@H]32)cc1CCl. The molecule has 3 rings (SSSR count). The second-order valence-corrected chi connectivity index (χ2v) is 6.42. The highest BCUT2D eigenvalue weighted by atomic mass is 35.5. The van der Waals surface area contributed by atoms with Crippen molar-refractivity contribution in [3.05, 3.63) is 33.9 Å². The summed E-state index contributed by atoms with van der Waals surface area (Å²) in [5.74, 6) is 0.980. The van der Waals surface area contributed by atoms with Gasteiger partial charge in [0.05, 0.1) is 10.8 Å². The summed E-state index contributed by atoms with van der Waals surface area (Å²) in [6.07, 6.45) is 7.77. The maximum absolute atomic E-state index is 11.0. The summed E-state index contributed by atoms with van der Waals surface area (Å²) >= 11 is 5.90. The van der Waals surface area contributed by atoms with Gasteiger partial charge in [-0.2, -0.15) is 0 Å². The molecule has 0 radical (unpaired) electrons. The van der Waals surface area contributed by atoms with E-state index in [0.717, 1.165) is 18.2 Å². The van der Waals surface area contributed by atoms with Crippen molar-refractivity contribution in [2.24, 2.45) is 5.92 Å². The van der Waals surface area contributed by atoms with E-state index >= 15 is 0 Å². The van der Waals surface area contributed by atoms with Crippen molar-refractivity contribution in [1.82, 2.24) is 0 Å². The predicted molar refractivity (Wildman–Crippen MR) is 85.0 cm³/mol. The number of rotatable bonds is 3. The molecular weight excluding hydrogens is 288 g/mol. The predicted octanol–water partition coefficient (Wildman–Crippen LogP) is 4.49. The minimum atomic E-state index is -0.346. The Kier molecular flexibility index (Phi) is 4.34. The number of fused-ring (bicyclic) bond motifs is 1. The minimum Gasteiger partial charge on any atom is -0.368 e. The van der Waals surface area contributed by atoms with Crippen LogP contribution in [-0.2, 0) is 5.88 Å². The molecule has 0 bridgehead atoms. The highest BCUT2D eigenvalue weighted by Gasteiger charge is 2.33. The summed E-state index contributed by atoms with van der Waals surface area (Å²) in [7, 11) is 0. The van der Waals surface area contributed by atoms with E-state index in [2.05, 4.69) is 4.90 Å². The Hall–Kier alpha value is -1.29. The number of nitro benzene ring substituents is 1. The Bertz CT molecular complexity index is 533. The molecule has 21 heavy (non-hydrogen) atoms. The Morgan fingerprint density at radius 3 is 2.76 bits per heavy atom. The van der Waals surface area contributed by atoms with E-state index in [1.807, 2.05) is 12.1 Å². The van der Waals surface area contributed by atoms with E-state index in [4.69, 9.17) is 11.6 Å². The molecule has 1 saturated carbocycles. The molecular formula is C16H21ClN2O2. The van der Waals surface area contributed by atoms with E-state index in [1.54, 1.807) is 6.07 Å². The smallest absolute Gasteiger partial charge is 0.273 e. The largest absolute Gasteiger partial charge is 0.368 e. The lowest BCUT2D eigenvalue weighted by atomic mass is 9.78. The Labute approximate surface area is 130 Å². The molecule has 0 unspecified atom stereocenters. The standard InChI is InChI=1S/C16H21ClN2O2/c17-11-13-10-14(7-8-16(13)19(20)21)18-9-3-5-12-4-1-2-6-15(12)18/h7-8,10,12,15H,1-6,9,11H2/t12-,15-/m1/s1. The van der Waals surface area contributed by atoms with Crippen LogP contribution in [0.1, 0.15) is 44.1 Å². The zero-order chi connectivity index (χ0) is 14.8. The molecule has 0 N–H and O–H groups in total. The Balaban J connectivity index is 1.90. The second-order valence-electron chi connectivity index (χ2n) is 6.15. The van der Waals surface area contributed by atoms with Gasteiger partial charge in [0.25, 0.3) is 5.69 Å². The first kappa shape index (κ1) is 14.6. The first-order valence-corrected chi connectivity index (χ1v) is 8.34. The third kappa shape index (κ3) is 2.86. The summed E-state index contributed by atoms with van der Waals surface area (Å²) in [6, 6.07) is 6.03. The summed E-state index contributed by atoms with van der Waals surface area (Å²) in [5, 5.41) is 11.0. The van der Waals surface area contributed by atoms with Gasteiger partial charge in [0.2, 0.25) is 0 Å². The van der Waals surface area contributed by atoms with Crippen LogP contribution in [0.4, 0.5) is 11.4 Å². The molecule has 0 amide bonds. The molecule has 114 valence electrons. The van der Waals surface area contributed by atoms with Crippen LogP contribution in [-0.4, -0.2) is 17.5 Å². The van der Waals surface area contributed by atoms with Crippen molar-refractivity contribution in [3.63, 3.8) is 0 Å². The van der Waals surface area contributed by atoms with E-state index in [1.165, 1.54) is 38.5 Å². The fraction of sp³-hybridized carbons (Fsp3) is 0.625. The van der Waals surface area contributed by atoms with Gasteiger partial charge in [0.1, 0.15) is 0 Å². The maximum atomic E-state index is 11.0. The number of nitrogens with zero attached hydrogens (tertiary/aromatic N) is 2. The van der Waals surface area contributed by atoms with Crippen molar-refractivity contribution in [2.75, 3.05) is 11.4 Å². The number of hydrogen-bond donors (Lipinski definition) is 0. The van der Waals surface area contributed by atoms with Gasteiger partial charge in [0.15, 0.2) is 0 Å². The Morgan fingerprint density at radius 2 is 2.00 bits per heavy atom. The number of benzene rings is 1. The summed E-state index contributed by atoms with van der Waals surface area (Å²) in [6.45, 7) is 1.06. The van der Waals surface area contributed by atoms with Crippen LogP contribution >= 0.6 is 11.6 Å². The molecule has 1 aromatic carbocycles. The van der Waals surface area contributed by atoms with Gasteiger partial charge in [0, 0.05) is 29.9 Å². The molecule has 1 aromatic rings. The van der Waals surface area contributed by atoms with Gasteiger partial charge < -0.3 is 4.90 Å². The average Bonchev–Trinajstić information content (AvgIpc) is 2.53. The lowest BCUT2D eigenvalue weighted by molar-refractivity contribution is -0.385. The quantitative estimate of drug-likeness (QED) is 0.469. The van der Waals surface area contributed by atoms with Gasteiger partial charge in [-0.3, -0.25) is 10.1 Å². The van der Waals surface area contributed by atoms with Crippen LogP contribution in [0.25, 0.3) is 0 Å². The molecule has 2 fully saturated rings. The Morgan fingerprint density at radius 1 is 1.24 bits per heavy atom. The molecule has 1 saturated heterocycles. The van der Waals surface area contributed by atoms with Crippen molar-refractivity contribution >= 4 is 23.0 Å². The van der Waals surface area contributed by atoms with Crippen LogP contribution in [0.3, 0.4) is 0 Å². The second kappa shape index (κ2) is 6.22. The molecule has 4 nitrogen and oxygen atoms in total. The zero-order valence-electron chi connectivity index (χ0n) is 12.1. The first-order valence-electron chi connectivity index (χ1n) is 7.80. The summed E-state index contributed by atoms with van der Waals surface area (Å²) < 4.78 is 0. The minimum absolute atomic E-state index is 0.131. The maximum Gasteiger partial charge on any atom is 0.273 e. The number of hydrogen-bond acceptors (Lipinski definition) is 3. The molecule has 1 aliphatic carbocycles. The van der Waals surface area contributed by atoms with Gasteiger partial charge in [-0.1, -0.05) is 12.8 Å². The van der Waals surface area contributed by atoms with Crippen molar-refractivity contribution in [1.29, 1.82) is 0 Å². The lowest BCUT2D eigenvalue weighted by Gasteiger charge is -2.45. The average molecular weight is 309 g/mol. The highest BCUT2D eigenvalue weighted by molar-refractivity contribution is 6.17. The van der Waals surface area contributed by atoms with E-state index in [-0.39, 0.29) is 16.5 Å². The topological polar surface area (TPSA) is 46.4 Å². The van der Waals surface area contributed by atoms with Crippen molar-refractivity contribution < 1.29 is 4.92 Å². The number of anilines is 1.